The molecule has 7 aliphatic rings. The number of methoxy groups -OCH3 is 2. The van der Waals surface area contributed by atoms with Crippen LogP contribution >= 0.6 is 0 Å². The number of allylic oxidation sites excluding steroid dienone is 2. The Morgan fingerprint density at radius 3 is 2.40 bits per heavy atom. The standard InChI is InChI=1S/C56H85NO15Si/c1-16-25-62-54(59)69-50-36(7)26-42-53(58)66-41-27-40(70-55(30-41)24-23-35(6)49(71-55)32(3)17-2)22-21-34(5)48(33(4)19-18-20-39-31-63-52(50)56(39,42)72-73(13,14)15)67-46-29-44(61-12)51(38(9)65-46)68-45-28-43(60-11)47(57-10)37(8)64-45/h16,18-21,23-24,26,32-33,35,37-38,40-46,48-52H,1,17,22,25,27-31H2,2-15H3/b19-18+,34-21+,39-20+,57-47?/t32-,33-,35-,37-,38-,40+,41-,42-,43-,44-,45-,46-,48-,49+,50+,51-,52+,55+,56+/m0/s1. The van der Waals surface area contributed by atoms with Crippen molar-refractivity contribution in [2.45, 2.75) is 205 Å². The van der Waals surface area contributed by atoms with E-state index in [1.54, 1.807) is 21.3 Å². The van der Waals surface area contributed by atoms with E-state index < -0.39 is 93.1 Å². The molecule has 0 unspecified atom stereocenters. The Hall–Kier alpha value is -3.33. The van der Waals surface area contributed by atoms with Gasteiger partial charge in [0, 0.05) is 58.8 Å². The van der Waals surface area contributed by atoms with Gasteiger partial charge in [-0.25, -0.2) is 4.79 Å². The molecule has 0 aromatic carbocycles. The van der Waals surface area contributed by atoms with Crippen molar-refractivity contribution < 1.29 is 70.9 Å². The number of carbonyl (C=O) groups excluding carboxylic acids is 2. The molecule has 0 amide bonds. The largest absolute Gasteiger partial charge is 0.509 e. The van der Waals surface area contributed by atoms with Crippen molar-refractivity contribution in [1.29, 1.82) is 0 Å². The van der Waals surface area contributed by atoms with Crippen LogP contribution in [0.25, 0.3) is 0 Å². The Balaban J connectivity index is 1.26. The minimum atomic E-state index is -2.55. The number of aliphatic imine (C=N–C) groups is 1. The van der Waals surface area contributed by atoms with E-state index in [9.17, 15) is 4.79 Å². The Bertz CT molecular complexity index is 2130. The van der Waals surface area contributed by atoms with Crippen LogP contribution in [0.4, 0.5) is 4.79 Å². The van der Waals surface area contributed by atoms with Crippen LogP contribution in [0.15, 0.2) is 76.9 Å². The van der Waals surface area contributed by atoms with Gasteiger partial charge < -0.3 is 61.3 Å². The van der Waals surface area contributed by atoms with Gasteiger partial charge in [0.15, 0.2) is 32.8 Å². The number of carbonyl (C=O) groups is 2. The normalized spacial score (nSPS) is 43.1. The highest BCUT2D eigenvalue weighted by Gasteiger charge is 2.64. The SMILES string of the molecule is C=CCOC(=O)O[C@@H]1C(C)=C[C@H]2C(=O)O[C@H]3C[C@@H](C/C=C(\C)[C@@H](O[C@H]4C[C@H](OC)[C@@H](O[C@H]5C[C@H](OC)C(=NC)[C@H](C)O5)[C@H](C)O4)[C@@H](C)/C=C/C=C4\CO[C@H]1[C@@]42O[Si](C)(C)C)O[C@@]1(C=C[C@H](C)[C@@H]([C@@H](C)CC)O1)C3. The van der Waals surface area contributed by atoms with E-state index in [2.05, 4.69) is 84.1 Å². The Morgan fingerprint density at radius 2 is 1.71 bits per heavy atom. The first-order valence-electron chi connectivity index (χ1n) is 26.6. The Kier molecular flexibility index (Phi) is 19.1. The topological polar surface area (TPSA) is 166 Å². The summed E-state index contributed by atoms with van der Waals surface area (Å²) in [6.07, 6.45) is 11.6. The van der Waals surface area contributed by atoms with Gasteiger partial charge in [0.05, 0.1) is 48.9 Å². The summed E-state index contributed by atoms with van der Waals surface area (Å²) in [6, 6.07) is 0. The van der Waals surface area contributed by atoms with E-state index in [0.717, 1.165) is 17.7 Å². The average Bonchev–Trinajstić information content (AvgIpc) is 3.69. The molecule has 0 N–H and O–H groups in total. The van der Waals surface area contributed by atoms with Crippen LogP contribution in [-0.4, -0.2) is 152 Å². The van der Waals surface area contributed by atoms with E-state index in [1.807, 2.05) is 45.1 Å². The molecule has 73 heavy (non-hydrogen) atoms. The van der Waals surface area contributed by atoms with E-state index in [-0.39, 0.29) is 55.4 Å². The fourth-order valence-corrected chi connectivity index (χ4v) is 13.2. The second kappa shape index (κ2) is 24.3. The second-order valence-electron chi connectivity index (χ2n) is 22.1. The summed E-state index contributed by atoms with van der Waals surface area (Å²) in [5, 5.41) is 0. The summed E-state index contributed by atoms with van der Waals surface area (Å²) in [7, 11) is 2.55. The van der Waals surface area contributed by atoms with Crippen LogP contribution in [0.5, 0.6) is 0 Å². The van der Waals surface area contributed by atoms with Crippen LogP contribution in [-0.2, 0) is 66.1 Å². The molecular weight excluding hydrogens is 955 g/mol. The maximum atomic E-state index is 15.2. The van der Waals surface area contributed by atoms with Crippen molar-refractivity contribution in [3.05, 3.63) is 71.9 Å². The summed E-state index contributed by atoms with van der Waals surface area (Å²) in [4.78, 5) is 32.8. The number of fused-ring (bicyclic) bond motifs is 2. The Labute approximate surface area is 435 Å². The molecule has 1 spiro atoms. The van der Waals surface area contributed by atoms with Gasteiger partial charge in [-0.05, 0) is 82.5 Å². The minimum Gasteiger partial charge on any atom is -0.462 e. The molecule has 0 radical (unpaired) electrons. The third kappa shape index (κ3) is 12.9. The number of esters is 1. The maximum Gasteiger partial charge on any atom is 0.509 e. The van der Waals surface area contributed by atoms with Crippen molar-refractivity contribution in [2.24, 2.45) is 28.7 Å². The van der Waals surface area contributed by atoms with E-state index >= 15 is 4.79 Å². The van der Waals surface area contributed by atoms with Gasteiger partial charge in [-0.3, -0.25) is 9.79 Å². The lowest BCUT2D eigenvalue weighted by molar-refractivity contribution is -0.302. The molecule has 0 saturated carbocycles. The first-order valence-corrected chi connectivity index (χ1v) is 30.0. The number of ether oxygens (including phenoxy) is 12. The fraction of sp³-hybridized carbons (Fsp3) is 0.732. The van der Waals surface area contributed by atoms with Crippen LogP contribution in [0.3, 0.4) is 0 Å². The lowest BCUT2D eigenvalue weighted by Gasteiger charge is -2.49. The molecule has 17 heteroatoms. The Morgan fingerprint density at radius 1 is 0.959 bits per heavy atom. The number of hydrogen-bond acceptors (Lipinski definition) is 16. The average molecular weight is 1040 g/mol. The highest BCUT2D eigenvalue weighted by Crippen LogP contribution is 2.51. The summed E-state index contributed by atoms with van der Waals surface area (Å²) < 4.78 is 84.6. The molecule has 4 fully saturated rings. The molecule has 6 heterocycles. The van der Waals surface area contributed by atoms with Gasteiger partial charge in [-0.2, -0.15) is 0 Å². The molecule has 2 bridgehead atoms. The predicted octanol–water partition coefficient (Wildman–Crippen LogP) is 9.29. The zero-order valence-electron chi connectivity index (χ0n) is 45.9. The van der Waals surface area contributed by atoms with Crippen molar-refractivity contribution in [1.82, 2.24) is 0 Å². The van der Waals surface area contributed by atoms with Crippen LogP contribution in [0.1, 0.15) is 93.9 Å². The second-order valence-corrected chi connectivity index (χ2v) is 26.6. The lowest BCUT2D eigenvalue weighted by Crippen LogP contribution is -2.62. The van der Waals surface area contributed by atoms with Crippen molar-refractivity contribution >= 4 is 26.2 Å². The summed E-state index contributed by atoms with van der Waals surface area (Å²) >= 11 is 0. The first kappa shape index (κ1) is 57.4. The molecule has 0 aromatic heterocycles. The van der Waals surface area contributed by atoms with Gasteiger partial charge in [-0.15, -0.1) is 0 Å². The number of nitrogens with zero attached hydrogens (tertiary/aromatic N) is 1. The molecule has 6 aliphatic heterocycles. The zero-order chi connectivity index (χ0) is 53.0. The summed E-state index contributed by atoms with van der Waals surface area (Å²) in [6.45, 7) is 26.4. The quantitative estimate of drug-likeness (QED) is 0.0972. The molecule has 4 saturated heterocycles. The summed E-state index contributed by atoms with van der Waals surface area (Å²) in [5.41, 5.74) is 1.75. The van der Waals surface area contributed by atoms with E-state index in [4.69, 9.17) is 61.3 Å². The van der Waals surface area contributed by atoms with Gasteiger partial charge in [0.25, 0.3) is 0 Å². The maximum absolute atomic E-state index is 15.2. The third-order valence-electron chi connectivity index (χ3n) is 15.6. The van der Waals surface area contributed by atoms with Crippen molar-refractivity contribution in [3.63, 3.8) is 0 Å². The smallest absolute Gasteiger partial charge is 0.462 e. The van der Waals surface area contributed by atoms with Crippen LogP contribution < -0.4 is 0 Å². The summed E-state index contributed by atoms with van der Waals surface area (Å²) in [5.74, 6) is -2.34. The zero-order valence-corrected chi connectivity index (χ0v) is 46.9. The van der Waals surface area contributed by atoms with Gasteiger partial charge in [0.2, 0.25) is 0 Å². The monoisotopic (exact) mass is 1040 g/mol. The molecule has 19 atom stereocenters. The molecule has 0 aromatic rings. The predicted molar refractivity (Wildman–Crippen MR) is 277 cm³/mol. The van der Waals surface area contributed by atoms with Crippen molar-refractivity contribution in [2.75, 3.05) is 34.5 Å². The highest BCUT2D eigenvalue weighted by molar-refractivity contribution is 6.69. The van der Waals surface area contributed by atoms with E-state index in [0.29, 0.717) is 43.3 Å². The molecule has 16 nitrogen and oxygen atoms in total. The minimum absolute atomic E-state index is 0.0305. The molecule has 1 aliphatic carbocycles. The lowest BCUT2D eigenvalue weighted by atomic mass is 9.70. The molecular formula is C56H85NO15Si. The van der Waals surface area contributed by atoms with Gasteiger partial charge >= 0.3 is 12.1 Å². The van der Waals surface area contributed by atoms with E-state index in [1.165, 1.54) is 6.08 Å². The fourth-order valence-electron chi connectivity index (χ4n) is 11.8. The molecule has 7 rings (SSSR count). The first-order chi connectivity index (χ1) is 34.7. The highest BCUT2D eigenvalue weighted by atomic mass is 28.4. The molecule has 408 valence electrons. The van der Waals surface area contributed by atoms with Crippen LogP contribution in [0.2, 0.25) is 19.6 Å². The van der Waals surface area contributed by atoms with Crippen molar-refractivity contribution in [3.8, 4) is 0 Å². The van der Waals surface area contributed by atoms with Crippen LogP contribution in [0, 0.1) is 23.7 Å². The van der Waals surface area contributed by atoms with Gasteiger partial charge in [0.1, 0.15) is 42.5 Å². The van der Waals surface area contributed by atoms with Gasteiger partial charge in [-0.1, -0.05) is 83.2 Å². The number of hydrogen-bond donors (Lipinski definition) is 0. The number of rotatable bonds is 13. The third-order valence-corrected chi connectivity index (χ3v) is 16.5.